The fourth-order valence-corrected chi connectivity index (χ4v) is 4.75. The van der Waals surface area contributed by atoms with Crippen molar-refractivity contribution in [3.63, 3.8) is 0 Å². The van der Waals surface area contributed by atoms with Crippen LogP contribution < -0.4 is 5.32 Å². The molecule has 1 aromatic heterocycles. The van der Waals surface area contributed by atoms with E-state index in [1.54, 1.807) is 13.1 Å². The zero-order valence-electron chi connectivity index (χ0n) is 15.0. The number of carbonyl (C=O) groups excluding carboxylic acids is 2. The zero-order chi connectivity index (χ0) is 19.4. The number of hydrogen-bond acceptors (Lipinski definition) is 5. The number of hydrogen-bond donors (Lipinski definition) is 1. The summed E-state index contributed by atoms with van der Waals surface area (Å²) >= 11 is 0. The first-order valence-electron chi connectivity index (χ1n) is 8.62. The maximum Gasteiger partial charge on any atom is 0.272 e. The number of nitrogens with one attached hydrogen (secondary N) is 1. The average Bonchev–Trinajstić information content (AvgIpc) is 3.05. The number of benzene rings is 1. The molecule has 1 unspecified atom stereocenters. The lowest BCUT2D eigenvalue weighted by Crippen LogP contribution is -2.38. The second kappa shape index (κ2) is 7.87. The lowest BCUT2D eigenvalue weighted by atomic mass is 10.2. The Morgan fingerprint density at radius 1 is 1.11 bits per heavy atom. The molecule has 0 radical (unpaired) electrons. The summed E-state index contributed by atoms with van der Waals surface area (Å²) in [5, 5.41) is 2.77. The van der Waals surface area contributed by atoms with Gasteiger partial charge in [0.2, 0.25) is 0 Å². The molecule has 2 aromatic rings. The molecule has 2 amide bonds. The fourth-order valence-electron chi connectivity index (χ4n) is 2.98. The Balaban J connectivity index is 1.67. The van der Waals surface area contributed by atoms with E-state index in [-0.39, 0.29) is 34.8 Å². The quantitative estimate of drug-likeness (QED) is 0.833. The standard InChI is InChI=1S/C19H21N3O4S/c1-22(15-10-11-27(25,26)13-15)19(24)17-9-5-8-16(21-17)18(23)20-12-14-6-3-2-4-7-14/h2-9,15H,10-13H2,1H3,(H,20,23). The van der Waals surface area contributed by atoms with E-state index in [4.69, 9.17) is 0 Å². The molecule has 1 aliphatic rings. The Hall–Kier alpha value is -2.74. The molecule has 1 N–H and O–H groups in total. The summed E-state index contributed by atoms with van der Waals surface area (Å²) in [6.07, 6.45) is 0.418. The van der Waals surface area contributed by atoms with Crippen molar-refractivity contribution in [3.05, 3.63) is 65.5 Å². The predicted octanol–water partition coefficient (Wildman–Crippen LogP) is 1.27. The first-order valence-corrected chi connectivity index (χ1v) is 10.4. The Morgan fingerprint density at radius 3 is 2.48 bits per heavy atom. The van der Waals surface area contributed by atoms with Crippen LogP contribution in [0.2, 0.25) is 0 Å². The van der Waals surface area contributed by atoms with Gasteiger partial charge in [0.05, 0.1) is 11.5 Å². The second-order valence-electron chi connectivity index (χ2n) is 6.55. The molecule has 1 atom stereocenters. The SMILES string of the molecule is CN(C(=O)c1cccc(C(=O)NCc2ccccc2)n1)C1CCS(=O)(=O)C1. The van der Waals surface area contributed by atoms with Crippen LogP contribution in [0.1, 0.15) is 33.0 Å². The molecule has 0 aliphatic carbocycles. The minimum atomic E-state index is -3.09. The van der Waals surface area contributed by atoms with Gasteiger partial charge in [-0.15, -0.1) is 0 Å². The van der Waals surface area contributed by atoms with Crippen LogP contribution in [0.4, 0.5) is 0 Å². The molecule has 1 fully saturated rings. The Kier molecular flexibility index (Phi) is 5.55. The molecule has 142 valence electrons. The average molecular weight is 387 g/mol. The van der Waals surface area contributed by atoms with Gasteiger partial charge in [0.1, 0.15) is 11.4 Å². The molecule has 8 heteroatoms. The first-order chi connectivity index (χ1) is 12.9. The first kappa shape index (κ1) is 19.0. The van der Waals surface area contributed by atoms with Crippen molar-refractivity contribution in [3.8, 4) is 0 Å². The highest BCUT2D eigenvalue weighted by atomic mass is 32.2. The third kappa shape index (κ3) is 4.71. The van der Waals surface area contributed by atoms with Crippen LogP contribution in [0, 0.1) is 0 Å². The van der Waals surface area contributed by atoms with Crippen LogP contribution in [-0.2, 0) is 16.4 Å². The summed E-state index contributed by atoms with van der Waals surface area (Å²) in [6, 6.07) is 13.8. The number of amides is 2. The normalized spacial score (nSPS) is 18.0. The molecule has 1 aromatic carbocycles. The molecule has 1 aliphatic heterocycles. The minimum absolute atomic E-state index is 0.0352. The van der Waals surface area contributed by atoms with Gasteiger partial charge in [-0.25, -0.2) is 13.4 Å². The molecule has 1 saturated heterocycles. The van der Waals surface area contributed by atoms with E-state index in [2.05, 4.69) is 10.3 Å². The molecular formula is C19H21N3O4S. The molecule has 0 saturated carbocycles. The van der Waals surface area contributed by atoms with Crippen molar-refractivity contribution in [1.82, 2.24) is 15.2 Å². The van der Waals surface area contributed by atoms with Crippen molar-refractivity contribution in [2.24, 2.45) is 0 Å². The van der Waals surface area contributed by atoms with Gasteiger partial charge in [0.15, 0.2) is 9.84 Å². The predicted molar refractivity (Wildman–Crippen MR) is 101 cm³/mol. The van der Waals surface area contributed by atoms with Crippen LogP contribution in [0.3, 0.4) is 0 Å². The minimum Gasteiger partial charge on any atom is -0.347 e. The summed E-state index contributed by atoms with van der Waals surface area (Å²) in [4.78, 5) is 30.5. The Morgan fingerprint density at radius 2 is 1.81 bits per heavy atom. The molecule has 7 nitrogen and oxygen atoms in total. The van der Waals surface area contributed by atoms with Crippen molar-refractivity contribution in [1.29, 1.82) is 0 Å². The smallest absolute Gasteiger partial charge is 0.272 e. The van der Waals surface area contributed by atoms with E-state index in [1.165, 1.54) is 17.0 Å². The number of carbonyl (C=O) groups is 2. The van der Waals surface area contributed by atoms with E-state index < -0.39 is 15.7 Å². The highest BCUT2D eigenvalue weighted by Crippen LogP contribution is 2.18. The zero-order valence-corrected chi connectivity index (χ0v) is 15.8. The van der Waals surface area contributed by atoms with Crippen LogP contribution in [-0.4, -0.2) is 54.7 Å². The molecule has 0 bridgehead atoms. The van der Waals surface area contributed by atoms with Gasteiger partial charge in [-0.2, -0.15) is 0 Å². The highest BCUT2D eigenvalue weighted by Gasteiger charge is 2.33. The summed E-state index contributed by atoms with van der Waals surface area (Å²) < 4.78 is 23.3. The van der Waals surface area contributed by atoms with E-state index in [1.807, 2.05) is 30.3 Å². The molecule has 27 heavy (non-hydrogen) atoms. The van der Waals surface area contributed by atoms with E-state index in [0.29, 0.717) is 13.0 Å². The van der Waals surface area contributed by atoms with Gasteiger partial charge in [0, 0.05) is 19.6 Å². The Labute approximate surface area is 158 Å². The highest BCUT2D eigenvalue weighted by molar-refractivity contribution is 7.91. The van der Waals surface area contributed by atoms with Crippen molar-refractivity contribution < 1.29 is 18.0 Å². The number of pyridine rings is 1. The maximum absolute atomic E-state index is 12.6. The topological polar surface area (TPSA) is 96.4 Å². The summed E-state index contributed by atoms with van der Waals surface area (Å²) in [7, 11) is -1.52. The number of sulfone groups is 1. The van der Waals surface area contributed by atoms with E-state index >= 15 is 0 Å². The van der Waals surface area contributed by atoms with Gasteiger partial charge in [-0.05, 0) is 24.1 Å². The van der Waals surface area contributed by atoms with Crippen LogP contribution >= 0.6 is 0 Å². The van der Waals surface area contributed by atoms with E-state index in [0.717, 1.165) is 5.56 Å². The Bertz CT molecular complexity index is 944. The fraction of sp³-hybridized carbons (Fsp3) is 0.316. The molecule has 2 heterocycles. The van der Waals surface area contributed by atoms with Crippen molar-refractivity contribution in [2.75, 3.05) is 18.6 Å². The van der Waals surface area contributed by atoms with Gasteiger partial charge >= 0.3 is 0 Å². The third-order valence-corrected chi connectivity index (χ3v) is 6.32. The molecular weight excluding hydrogens is 366 g/mol. The summed E-state index contributed by atoms with van der Waals surface area (Å²) in [6.45, 7) is 0.360. The van der Waals surface area contributed by atoms with Crippen LogP contribution in [0.15, 0.2) is 48.5 Å². The monoisotopic (exact) mass is 387 g/mol. The van der Waals surface area contributed by atoms with Crippen molar-refractivity contribution in [2.45, 2.75) is 19.0 Å². The molecule has 3 rings (SSSR count). The van der Waals surface area contributed by atoms with Gasteiger partial charge in [-0.1, -0.05) is 36.4 Å². The largest absolute Gasteiger partial charge is 0.347 e. The van der Waals surface area contributed by atoms with Crippen LogP contribution in [0.25, 0.3) is 0 Å². The summed E-state index contributed by atoms with van der Waals surface area (Å²) in [5.41, 5.74) is 1.22. The van der Waals surface area contributed by atoms with Gasteiger partial charge in [0.25, 0.3) is 11.8 Å². The number of nitrogens with zero attached hydrogens (tertiary/aromatic N) is 2. The maximum atomic E-state index is 12.6. The lowest BCUT2D eigenvalue weighted by Gasteiger charge is -2.23. The third-order valence-electron chi connectivity index (χ3n) is 4.57. The van der Waals surface area contributed by atoms with Crippen molar-refractivity contribution >= 4 is 21.7 Å². The van der Waals surface area contributed by atoms with Gasteiger partial charge < -0.3 is 10.2 Å². The van der Waals surface area contributed by atoms with Gasteiger partial charge in [-0.3, -0.25) is 9.59 Å². The van der Waals surface area contributed by atoms with E-state index in [9.17, 15) is 18.0 Å². The number of aromatic nitrogens is 1. The second-order valence-corrected chi connectivity index (χ2v) is 8.78. The van der Waals surface area contributed by atoms with Crippen LogP contribution in [0.5, 0.6) is 0 Å². The summed E-state index contributed by atoms with van der Waals surface area (Å²) in [5.74, 6) is -0.716. The molecule has 0 spiro atoms. The number of rotatable bonds is 5. The lowest BCUT2D eigenvalue weighted by molar-refractivity contribution is 0.0741.